The van der Waals surface area contributed by atoms with Crippen molar-refractivity contribution in [2.75, 3.05) is 6.61 Å². The summed E-state index contributed by atoms with van der Waals surface area (Å²) in [4.78, 5) is 0. The Morgan fingerprint density at radius 1 is 1.21 bits per heavy atom. The number of fused-ring (bicyclic) bond motifs is 5. The van der Waals surface area contributed by atoms with Crippen molar-refractivity contribution in [3.8, 4) is 5.75 Å². The molecule has 0 radical (unpaired) electrons. The molecule has 0 unspecified atom stereocenters. The molecule has 0 amide bonds. The summed E-state index contributed by atoms with van der Waals surface area (Å²) >= 11 is 0. The summed E-state index contributed by atoms with van der Waals surface area (Å²) in [6, 6.07) is 4.35. The van der Waals surface area contributed by atoms with Gasteiger partial charge in [-0.25, -0.2) is 0 Å². The number of aryl methyl sites for hydroxylation is 2. The molecule has 0 spiro atoms. The summed E-state index contributed by atoms with van der Waals surface area (Å²) in [7, 11) is 0. The zero-order valence-electron chi connectivity index (χ0n) is 15.0. The molecule has 1 aromatic rings. The third kappa shape index (κ3) is 2.26. The quantitative estimate of drug-likeness (QED) is 0.771. The van der Waals surface area contributed by atoms with Gasteiger partial charge >= 0.3 is 0 Å². The van der Waals surface area contributed by atoms with Gasteiger partial charge in [0.1, 0.15) is 5.75 Å². The van der Waals surface area contributed by atoms with Gasteiger partial charge in [-0.15, -0.1) is 0 Å². The second-order valence-electron chi connectivity index (χ2n) is 8.36. The highest BCUT2D eigenvalue weighted by Crippen LogP contribution is 2.62. The number of hydrogen-bond donors (Lipinski definition) is 2. The first-order chi connectivity index (χ1) is 11.6. The largest absolute Gasteiger partial charge is 0.508 e. The van der Waals surface area contributed by atoms with Gasteiger partial charge in [-0.05, 0) is 90.9 Å². The monoisotopic (exact) mass is 326 g/mol. The van der Waals surface area contributed by atoms with Gasteiger partial charge in [-0.3, -0.25) is 0 Å². The van der Waals surface area contributed by atoms with E-state index < -0.39 is 0 Å². The summed E-state index contributed by atoms with van der Waals surface area (Å²) in [6.07, 6.45) is 10.3. The van der Waals surface area contributed by atoms with Crippen molar-refractivity contribution in [2.24, 2.45) is 17.3 Å². The molecule has 4 rings (SSSR count). The zero-order valence-corrected chi connectivity index (χ0v) is 15.0. The van der Waals surface area contributed by atoms with Crippen LogP contribution in [0.25, 0.3) is 0 Å². The first kappa shape index (κ1) is 16.2. The van der Waals surface area contributed by atoms with Gasteiger partial charge in [-0.2, -0.15) is 0 Å². The van der Waals surface area contributed by atoms with E-state index in [1.165, 1.54) is 48.8 Å². The smallest absolute Gasteiger partial charge is 0.119 e. The van der Waals surface area contributed by atoms with E-state index in [0.29, 0.717) is 17.1 Å². The van der Waals surface area contributed by atoms with E-state index in [1.54, 1.807) is 0 Å². The van der Waals surface area contributed by atoms with Gasteiger partial charge < -0.3 is 10.2 Å². The lowest BCUT2D eigenvalue weighted by Gasteiger charge is -2.49. The fourth-order valence-corrected chi connectivity index (χ4v) is 6.23. The second-order valence-corrected chi connectivity index (χ2v) is 8.36. The fourth-order valence-electron chi connectivity index (χ4n) is 6.23. The van der Waals surface area contributed by atoms with Crippen LogP contribution in [0.1, 0.15) is 68.6 Å². The number of aromatic hydroxyl groups is 1. The molecule has 0 aliphatic heterocycles. The Morgan fingerprint density at radius 2 is 2.04 bits per heavy atom. The first-order valence-corrected chi connectivity index (χ1v) is 9.73. The molecule has 0 saturated heterocycles. The molecule has 3 aliphatic carbocycles. The minimum Gasteiger partial charge on any atom is -0.508 e. The Hall–Kier alpha value is -1.28. The molecule has 2 heteroatoms. The number of aliphatic hydroxyl groups excluding tert-OH is 1. The molecule has 2 fully saturated rings. The van der Waals surface area contributed by atoms with Crippen LogP contribution >= 0.6 is 0 Å². The molecule has 0 heterocycles. The summed E-state index contributed by atoms with van der Waals surface area (Å²) < 4.78 is 0. The maximum absolute atomic E-state index is 10.2. The number of hydrogen-bond acceptors (Lipinski definition) is 2. The predicted molar refractivity (Wildman–Crippen MR) is 97.3 cm³/mol. The minimum atomic E-state index is 0.188. The normalized spacial score (nSPS) is 36.3. The van der Waals surface area contributed by atoms with E-state index in [2.05, 4.69) is 26.0 Å². The molecule has 2 nitrogen and oxygen atoms in total. The van der Waals surface area contributed by atoms with Gasteiger partial charge in [0.2, 0.25) is 0 Å². The van der Waals surface area contributed by atoms with Crippen molar-refractivity contribution >= 4 is 0 Å². The number of allylic oxidation sites excluding steroid dienone is 1. The molecular weight excluding hydrogens is 296 g/mol. The molecule has 24 heavy (non-hydrogen) atoms. The van der Waals surface area contributed by atoms with Crippen LogP contribution in [0.2, 0.25) is 0 Å². The molecule has 1 aromatic carbocycles. The Balaban J connectivity index is 1.70. The Kier molecular flexibility index (Phi) is 3.99. The SMILES string of the molecule is CCc1cc2c(cc1O)CC[C@@H]1[C@@H]2CC[C@]2(C)/C(=C/CO)CC[C@@H]12. The van der Waals surface area contributed by atoms with Gasteiger partial charge in [0.25, 0.3) is 0 Å². The third-order valence-electron chi connectivity index (χ3n) is 7.49. The summed E-state index contributed by atoms with van der Waals surface area (Å²) in [5.41, 5.74) is 5.85. The van der Waals surface area contributed by atoms with Crippen molar-refractivity contribution in [1.29, 1.82) is 0 Å². The highest BCUT2D eigenvalue weighted by Gasteiger charge is 2.52. The lowest BCUT2D eigenvalue weighted by atomic mass is 9.55. The van der Waals surface area contributed by atoms with E-state index in [9.17, 15) is 10.2 Å². The van der Waals surface area contributed by atoms with E-state index in [0.717, 1.165) is 30.2 Å². The van der Waals surface area contributed by atoms with Gasteiger partial charge in [0.15, 0.2) is 0 Å². The van der Waals surface area contributed by atoms with Crippen molar-refractivity contribution in [3.05, 3.63) is 40.5 Å². The lowest BCUT2D eigenvalue weighted by Crippen LogP contribution is -2.40. The molecule has 4 atom stereocenters. The van der Waals surface area contributed by atoms with Crippen LogP contribution in [0.5, 0.6) is 5.75 Å². The molecule has 0 aromatic heterocycles. The van der Waals surface area contributed by atoms with Crippen LogP contribution in [-0.4, -0.2) is 16.8 Å². The molecular formula is C22H30O2. The highest BCUT2D eigenvalue weighted by atomic mass is 16.3. The number of aliphatic hydroxyl groups is 1. The number of phenolic OH excluding ortho intramolecular Hbond substituents is 1. The number of benzene rings is 1. The van der Waals surface area contributed by atoms with Crippen molar-refractivity contribution in [2.45, 2.75) is 64.7 Å². The van der Waals surface area contributed by atoms with Crippen molar-refractivity contribution < 1.29 is 10.2 Å². The minimum absolute atomic E-state index is 0.188. The van der Waals surface area contributed by atoms with E-state index >= 15 is 0 Å². The highest BCUT2D eigenvalue weighted by molar-refractivity contribution is 5.46. The summed E-state index contributed by atoms with van der Waals surface area (Å²) in [5, 5.41) is 19.6. The molecule has 0 bridgehead atoms. The van der Waals surface area contributed by atoms with Crippen LogP contribution in [0.15, 0.2) is 23.8 Å². The van der Waals surface area contributed by atoms with Gasteiger partial charge in [0.05, 0.1) is 6.61 Å². The second kappa shape index (κ2) is 5.91. The maximum atomic E-state index is 10.2. The molecule has 2 N–H and O–H groups in total. The average Bonchev–Trinajstić information content (AvgIpc) is 2.91. The van der Waals surface area contributed by atoms with Crippen LogP contribution in [-0.2, 0) is 12.8 Å². The lowest BCUT2D eigenvalue weighted by molar-refractivity contribution is 0.0809. The summed E-state index contributed by atoms with van der Waals surface area (Å²) in [5.74, 6) is 2.70. The standard InChI is InChI=1S/C22H30O2/c1-3-14-12-19-15(13-21(14)24)4-6-18-17(19)8-10-22(2)16(9-11-23)5-7-20(18)22/h9,12-13,17-18,20,23-24H,3-8,10-11H2,1-2H3/b16-9+/t17-,18+,20-,22+/m0/s1. The molecule has 2 saturated carbocycles. The van der Waals surface area contributed by atoms with Gasteiger partial charge in [0, 0.05) is 0 Å². The Bertz CT molecular complexity index is 675. The summed E-state index contributed by atoms with van der Waals surface area (Å²) in [6.45, 7) is 4.77. The third-order valence-corrected chi connectivity index (χ3v) is 7.49. The Labute approximate surface area is 145 Å². The van der Waals surface area contributed by atoms with Crippen LogP contribution < -0.4 is 0 Å². The van der Waals surface area contributed by atoms with E-state index in [4.69, 9.17) is 0 Å². The van der Waals surface area contributed by atoms with Crippen molar-refractivity contribution in [3.63, 3.8) is 0 Å². The van der Waals surface area contributed by atoms with Gasteiger partial charge in [-0.1, -0.05) is 31.6 Å². The van der Waals surface area contributed by atoms with Crippen LogP contribution in [0.4, 0.5) is 0 Å². The zero-order chi connectivity index (χ0) is 16.9. The Morgan fingerprint density at radius 3 is 2.79 bits per heavy atom. The average molecular weight is 326 g/mol. The first-order valence-electron chi connectivity index (χ1n) is 9.73. The molecule has 3 aliphatic rings. The van der Waals surface area contributed by atoms with Crippen LogP contribution in [0, 0.1) is 17.3 Å². The van der Waals surface area contributed by atoms with E-state index in [-0.39, 0.29) is 6.61 Å². The van der Waals surface area contributed by atoms with Crippen molar-refractivity contribution in [1.82, 2.24) is 0 Å². The number of phenols is 1. The molecule has 130 valence electrons. The predicted octanol–water partition coefficient (Wildman–Crippen LogP) is 4.73. The fraction of sp³-hybridized carbons (Fsp3) is 0.636. The topological polar surface area (TPSA) is 40.5 Å². The maximum Gasteiger partial charge on any atom is 0.119 e. The van der Waals surface area contributed by atoms with Crippen LogP contribution in [0.3, 0.4) is 0 Å². The number of rotatable bonds is 2. The van der Waals surface area contributed by atoms with E-state index in [1.807, 2.05) is 6.07 Å².